The third kappa shape index (κ3) is 28.1. The molecule has 12 nitrogen and oxygen atoms in total. The number of nitrogens with zero attached hydrogens (tertiary/aromatic N) is 1. The molecule has 0 aliphatic rings. The van der Waals surface area contributed by atoms with Crippen molar-refractivity contribution in [3.63, 3.8) is 0 Å². The second kappa shape index (κ2) is 26.8. The van der Waals surface area contributed by atoms with E-state index < -0.39 is 42.1 Å². The van der Waals surface area contributed by atoms with E-state index in [1.165, 1.54) is 12.1 Å². The molecular weight excluding hydrogens is 782 g/mol. The number of carbonyl (C=O) groups is 2. The summed E-state index contributed by atoms with van der Waals surface area (Å²) >= 11 is 0. The maximum atomic E-state index is 11.8. The van der Waals surface area contributed by atoms with Crippen LogP contribution in [-0.4, -0.2) is 91.8 Å². The summed E-state index contributed by atoms with van der Waals surface area (Å²) in [6.07, 6.45) is 4.19. The summed E-state index contributed by atoms with van der Waals surface area (Å²) in [7, 11) is -9.49. The normalized spacial score (nSPS) is 13.0. The van der Waals surface area contributed by atoms with Crippen molar-refractivity contribution in [2.75, 3.05) is 46.4 Å². The van der Waals surface area contributed by atoms with Crippen LogP contribution in [0.3, 0.4) is 0 Å². The van der Waals surface area contributed by atoms with Crippen LogP contribution < -0.4 is 51.4 Å². The number of hydrogen-bond acceptors (Lipinski definition) is 11. The van der Waals surface area contributed by atoms with E-state index >= 15 is 0 Å². The van der Waals surface area contributed by atoms with Gasteiger partial charge in [-0.2, -0.15) is 0 Å². The predicted octanol–water partition coefficient (Wildman–Crippen LogP) is 5.27. The molecule has 1 aromatic carbocycles. The molecule has 0 aliphatic heterocycles. The zero-order chi connectivity index (χ0) is 41.0. The zero-order valence-corrected chi connectivity index (χ0v) is 42.5. The van der Waals surface area contributed by atoms with Crippen LogP contribution in [0.15, 0.2) is 29.2 Å². The summed E-state index contributed by atoms with van der Waals surface area (Å²) in [6, 6.07) is 7.17. The Morgan fingerprint density at radius 3 is 1.62 bits per heavy atom. The fourth-order valence-corrected chi connectivity index (χ4v) is 14.4. The molecule has 1 unspecified atom stereocenters. The van der Waals surface area contributed by atoms with E-state index in [0.717, 1.165) is 43.5 Å². The molecule has 0 saturated carbocycles. The molecule has 0 fully saturated rings. The van der Waals surface area contributed by atoms with Gasteiger partial charge in [0.1, 0.15) is 16.6 Å². The van der Waals surface area contributed by atoms with Gasteiger partial charge in [0.15, 0.2) is 16.6 Å². The Hall–Kier alpha value is -0.0299. The largest absolute Gasteiger partial charge is 1.00 e. The topological polar surface area (TPSA) is 163 Å². The van der Waals surface area contributed by atoms with Gasteiger partial charge in [0.2, 0.25) is 0 Å². The van der Waals surface area contributed by atoms with Gasteiger partial charge >= 0.3 is 63.3 Å². The number of ether oxygens (including phenoxy) is 4. The van der Waals surface area contributed by atoms with E-state index in [1.54, 1.807) is 19.2 Å². The molecular formula is C36H70KNO11S2Si2. The number of hydrogen-bond donors (Lipinski definition) is 0. The van der Waals surface area contributed by atoms with Gasteiger partial charge in [-0.3, -0.25) is 9.59 Å². The van der Waals surface area contributed by atoms with Gasteiger partial charge in [0.05, 0.1) is 47.3 Å². The van der Waals surface area contributed by atoms with Crippen LogP contribution >= 0.6 is 0 Å². The number of methoxy groups -OCH3 is 1. The Morgan fingerprint density at radius 2 is 1.23 bits per heavy atom. The van der Waals surface area contributed by atoms with Gasteiger partial charge in [-0.1, -0.05) is 39.8 Å². The summed E-state index contributed by atoms with van der Waals surface area (Å²) in [6.45, 7) is 29.2. The van der Waals surface area contributed by atoms with Gasteiger partial charge in [0.25, 0.3) is 0 Å². The Kier molecular flexibility index (Phi) is 29.0. The van der Waals surface area contributed by atoms with E-state index in [2.05, 4.69) is 36.9 Å². The molecule has 0 radical (unpaired) electrons. The number of carbonyl (C=O) groups excluding carboxylic acids is 2. The molecule has 1 atom stereocenters. The minimum absolute atomic E-state index is 0. The van der Waals surface area contributed by atoms with Crippen molar-refractivity contribution in [1.29, 1.82) is 0 Å². The molecule has 0 heterocycles. The smallest absolute Gasteiger partial charge is 0.465 e. The molecule has 0 saturated heterocycles. The minimum atomic E-state index is -4.13. The SMILES string of the molecule is CCC(C)(C)C(=O)OCCC[Si](C)(C)O[Si](C)(C)C.CCC(C)(C)C(=O)OCCOCCOC.CCC(C)c1ccc(S(=O)(=O)[N-]S(C)(=O)=O)cc1.[K+]. The molecule has 17 heteroatoms. The molecule has 0 N–H and O–H groups in total. The standard InChI is InChI=1S/C14H32O3Si2.C11H16NO4S2.C11H22O4.K/c1-9-14(2,3)13(15)16-11-10-12-19(7,8)17-18(4,5)6;1-4-9(2)10-5-7-11(8-6-10)18(15,16)12-17(3,13)14;1-5-11(2,3)10(12)15-9-8-14-7-6-13-4;/h9-12H2,1-8H3;5-9H,4H2,1-3H3;5-9H2,1-4H3;/q;-1;;+1. The van der Waals surface area contributed by atoms with Crippen LogP contribution in [0.25, 0.3) is 4.13 Å². The first-order valence-electron chi connectivity index (χ1n) is 18.0. The molecule has 0 aliphatic carbocycles. The summed E-state index contributed by atoms with van der Waals surface area (Å²) in [5.41, 5.74) is 0.254. The molecule has 0 spiro atoms. The van der Waals surface area contributed by atoms with E-state index in [4.69, 9.17) is 23.1 Å². The van der Waals surface area contributed by atoms with Gasteiger partial charge in [0, 0.05) is 18.3 Å². The zero-order valence-electron chi connectivity index (χ0n) is 35.7. The van der Waals surface area contributed by atoms with Crippen molar-refractivity contribution in [3.8, 4) is 0 Å². The van der Waals surface area contributed by atoms with Gasteiger partial charge in [-0.15, -0.1) is 0 Å². The number of sulfonamides is 2. The Balaban J connectivity index is -0.000000706. The van der Waals surface area contributed by atoms with Crippen molar-refractivity contribution in [2.45, 2.75) is 131 Å². The maximum absolute atomic E-state index is 11.8. The Bertz CT molecular complexity index is 1400. The third-order valence-electron chi connectivity index (χ3n) is 8.10. The first-order valence-corrected chi connectivity index (χ1v) is 27.8. The molecule has 1 aromatic rings. The first-order chi connectivity index (χ1) is 23.6. The molecule has 0 aromatic heterocycles. The third-order valence-corrected chi connectivity index (χ3v) is 17.1. The van der Waals surface area contributed by atoms with Crippen LogP contribution in [-0.2, 0) is 52.7 Å². The maximum Gasteiger partial charge on any atom is 1.00 e. The summed E-state index contributed by atoms with van der Waals surface area (Å²) < 4.78 is 74.6. The number of esters is 2. The van der Waals surface area contributed by atoms with E-state index in [-0.39, 0.29) is 73.6 Å². The van der Waals surface area contributed by atoms with Gasteiger partial charge in [-0.05, 0) is 116 Å². The quantitative estimate of drug-likeness (QED) is 0.0901. The van der Waals surface area contributed by atoms with Crippen molar-refractivity contribution < 1.29 is 101 Å². The van der Waals surface area contributed by atoms with Crippen LogP contribution in [0, 0.1) is 10.8 Å². The number of rotatable bonds is 21. The van der Waals surface area contributed by atoms with Gasteiger partial charge in [-0.25, -0.2) is 16.8 Å². The van der Waals surface area contributed by atoms with Crippen LogP contribution in [0.5, 0.6) is 0 Å². The van der Waals surface area contributed by atoms with Crippen LogP contribution in [0.1, 0.15) is 92.6 Å². The summed E-state index contributed by atoms with van der Waals surface area (Å²) in [4.78, 5) is 23.2. The molecule has 0 amide bonds. The van der Waals surface area contributed by atoms with E-state index in [0.29, 0.717) is 39.0 Å². The molecule has 0 bridgehead atoms. The average Bonchev–Trinajstić information content (AvgIpc) is 3.02. The van der Waals surface area contributed by atoms with Crippen molar-refractivity contribution in [2.24, 2.45) is 10.8 Å². The van der Waals surface area contributed by atoms with E-state index in [9.17, 15) is 26.4 Å². The minimum Gasteiger partial charge on any atom is -0.465 e. The summed E-state index contributed by atoms with van der Waals surface area (Å²) in [5.74, 6) is 0.0783. The average molecular weight is 852 g/mol. The van der Waals surface area contributed by atoms with Crippen molar-refractivity contribution in [1.82, 2.24) is 0 Å². The monoisotopic (exact) mass is 851 g/mol. The van der Waals surface area contributed by atoms with Crippen molar-refractivity contribution in [3.05, 3.63) is 34.0 Å². The Labute approximate surface area is 367 Å². The summed E-state index contributed by atoms with van der Waals surface area (Å²) in [5, 5.41) is 0. The van der Waals surface area contributed by atoms with Gasteiger partial charge < -0.3 is 27.2 Å². The number of benzene rings is 1. The van der Waals surface area contributed by atoms with Crippen LogP contribution in [0.4, 0.5) is 0 Å². The second-order valence-electron chi connectivity index (χ2n) is 15.6. The predicted molar refractivity (Wildman–Crippen MR) is 215 cm³/mol. The fourth-order valence-electron chi connectivity index (χ4n) is 4.09. The van der Waals surface area contributed by atoms with Crippen LogP contribution in [0.2, 0.25) is 38.8 Å². The Morgan fingerprint density at radius 1 is 0.774 bits per heavy atom. The molecule has 306 valence electrons. The second-order valence-corrected chi connectivity index (χ2v) is 28.1. The molecule has 1 rings (SSSR count). The van der Waals surface area contributed by atoms with Crippen molar-refractivity contribution >= 4 is 48.6 Å². The first kappa shape index (κ1) is 57.3. The fraction of sp³-hybridized carbons (Fsp3) is 0.778. The van der Waals surface area contributed by atoms with E-state index in [1.807, 2.05) is 55.4 Å². The molecule has 53 heavy (non-hydrogen) atoms.